The van der Waals surface area contributed by atoms with Gasteiger partial charge in [-0.3, -0.25) is 0 Å². The van der Waals surface area contributed by atoms with Crippen molar-refractivity contribution in [2.24, 2.45) is 0 Å². The summed E-state index contributed by atoms with van der Waals surface area (Å²) in [6.45, 7) is 6.43. The van der Waals surface area contributed by atoms with Gasteiger partial charge in [0.15, 0.2) is 0 Å². The fourth-order valence-corrected chi connectivity index (χ4v) is 1.61. The number of nitrogens with zero attached hydrogens (tertiary/aromatic N) is 3. The number of hydrogen-bond acceptors (Lipinski definition) is 4. The Bertz CT molecular complexity index is 526. The van der Waals surface area contributed by atoms with Crippen LogP contribution >= 0.6 is 0 Å². The Labute approximate surface area is 101 Å². The number of hydrogen-bond donors (Lipinski definition) is 0. The first-order valence-corrected chi connectivity index (χ1v) is 5.60. The summed E-state index contributed by atoms with van der Waals surface area (Å²) in [5.74, 6) is 1.44. The predicted molar refractivity (Wildman–Crippen MR) is 65.9 cm³/mol. The van der Waals surface area contributed by atoms with E-state index < -0.39 is 0 Å². The van der Waals surface area contributed by atoms with Gasteiger partial charge in [-0.1, -0.05) is 0 Å². The minimum absolute atomic E-state index is 0.625. The molecule has 0 aromatic carbocycles. The van der Waals surface area contributed by atoms with Gasteiger partial charge in [0.25, 0.3) is 0 Å². The van der Waals surface area contributed by atoms with E-state index >= 15 is 0 Å². The van der Waals surface area contributed by atoms with Gasteiger partial charge in [0.2, 0.25) is 5.88 Å². The van der Waals surface area contributed by atoms with E-state index in [4.69, 9.17) is 4.74 Å². The minimum Gasteiger partial charge on any atom is -0.478 e. The molecule has 0 saturated carbocycles. The summed E-state index contributed by atoms with van der Waals surface area (Å²) in [6, 6.07) is 3.91. The molecule has 0 atom stereocenters. The van der Waals surface area contributed by atoms with Crippen molar-refractivity contribution >= 4 is 0 Å². The Morgan fingerprint density at radius 1 is 1.24 bits per heavy atom. The summed E-state index contributed by atoms with van der Waals surface area (Å²) >= 11 is 0. The smallest absolute Gasteiger partial charge is 0.216 e. The number of aromatic nitrogens is 3. The summed E-state index contributed by atoms with van der Waals surface area (Å²) in [7, 11) is 0. The monoisotopic (exact) mass is 229 g/mol. The van der Waals surface area contributed by atoms with Gasteiger partial charge >= 0.3 is 0 Å². The first kappa shape index (κ1) is 11.5. The molecule has 4 heteroatoms. The predicted octanol–water partition coefficient (Wildman–Crippen LogP) is 2.55. The summed E-state index contributed by atoms with van der Waals surface area (Å²) in [5.41, 5.74) is 2.88. The maximum atomic E-state index is 5.41. The van der Waals surface area contributed by atoms with Crippen LogP contribution in [0.1, 0.15) is 18.3 Å². The number of ether oxygens (including phenoxy) is 1. The van der Waals surface area contributed by atoms with Crippen LogP contribution in [0.5, 0.6) is 5.88 Å². The molecule has 4 nitrogen and oxygen atoms in total. The number of aryl methyl sites for hydroxylation is 2. The van der Waals surface area contributed by atoms with E-state index in [0.717, 1.165) is 22.6 Å². The molecule has 0 unspecified atom stereocenters. The Hall–Kier alpha value is -1.97. The van der Waals surface area contributed by atoms with Crippen molar-refractivity contribution in [3.05, 3.63) is 35.9 Å². The third kappa shape index (κ3) is 2.58. The maximum Gasteiger partial charge on any atom is 0.216 e. The molecule has 2 rings (SSSR count). The lowest BCUT2D eigenvalue weighted by Crippen LogP contribution is -1.98. The summed E-state index contributed by atoms with van der Waals surface area (Å²) in [6.07, 6.45) is 3.53. The van der Waals surface area contributed by atoms with Gasteiger partial charge in [-0.2, -0.15) is 0 Å². The van der Waals surface area contributed by atoms with Crippen molar-refractivity contribution in [2.45, 2.75) is 20.8 Å². The van der Waals surface area contributed by atoms with Crippen LogP contribution in [0, 0.1) is 13.8 Å². The van der Waals surface area contributed by atoms with Crippen molar-refractivity contribution in [3.63, 3.8) is 0 Å². The SMILES string of the molecule is CCOc1ncc(-c2ccnc(C)n2)cc1C. The first-order valence-electron chi connectivity index (χ1n) is 5.60. The molecule has 0 N–H and O–H groups in total. The molecular weight excluding hydrogens is 214 g/mol. The van der Waals surface area contributed by atoms with Gasteiger partial charge in [-0.25, -0.2) is 15.0 Å². The van der Waals surface area contributed by atoms with Crippen LogP contribution in [0.2, 0.25) is 0 Å². The van der Waals surface area contributed by atoms with Gasteiger partial charge in [0, 0.05) is 23.5 Å². The van der Waals surface area contributed by atoms with Crippen LogP contribution < -0.4 is 4.74 Å². The third-order valence-corrected chi connectivity index (χ3v) is 2.38. The van der Waals surface area contributed by atoms with Gasteiger partial charge < -0.3 is 4.74 Å². The second-order valence-electron chi connectivity index (χ2n) is 3.77. The Kier molecular flexibility index (Phi) is 3.32. The topological polar surface area (TPSA) is 47.9 Å². The van der Waals surface area contributed by atoms with Crippen molar-refractivity contribution < 1.29 is 4.74 Å². The van der Waals surface area contributed by atoms with E-state index in [1.807, 2.05) is 32.9 Å². The number of rotatable bonds is 3. The van der Waals surface area contributed by atoms with E-state index in [-0.39, 0.29) is 0 Å². The molecule has 0 aliphatic rings. The Morgan fingerprint density at radius 3 is 2.71 bits per heavy atom. The lowest BCUT2D eigenvalue weighted by molar-refractivity contribution is 0.324. The molecule has 0 aliphatic heterocycles. The lowest BCUT2D eigenvalue weighted by atomic mass is 10.1. The molecule has 88 valence electrons. The molecule has 0 bridgehead atoms. The van der Waals surface area contributed by atoms with E-state index in [9.17, 15) is 0 Å². The van der Waals surface area contributed by atoms with Crippen LogP contribution in [0.3, 0.4) is 0 Å². The van der Waals surface area contributed by atoms with Crippen LogP contribution in [-0.4, -0.2) is 21.6 Å². The minimum atomic E-state index is 0.625. The van der Waals surface area contributed by atoms with Crippen LogP contribution in [0.15, 0.2) is 24.5 Å². The highest BCUT2D eigenvalue weighted by Crippen LogP contribution is 2.22. The fourth-order valence-electron chi connectivity index (χ4n) is 1.61. The molecule has 0 amide bonds. The molecule has 17 heavy (non-hydrogen) atoms. The largest absolute Gasteiger partial charge is 0.478 e. The van der Waals surface area contributed by atoms with E-state index in [0.29, 0.717) is 12.5 Å². The van der Waals surface area contributed by atoms with Crippen molar-refractivity contribution in [1.29, 1.82) is 0 Å². The van der Waals surface area contributed by atoms with E-state index in [2.05, 4.69) is 15.0 Å². The zero-order chi connectivity index (χ0) is 12.3. The molecule has 2 heterocycles. The van der Waals surface area contributed by atoms with E-state index in [1.54, 1.807) is 12.4 Å². The highest BCUT2D eigenvalue weighted by Gasteiger charge is 2.05. The first-order chi connectivity index (χ1) is 8.20. The van der Waals surface area contributed by atoms with E-state index in [1.165, 1.54) is 0 Å². The van der Waals surface area contributed by atoms with Crippen molar-refractivity contribution in [1.82, 2.24) is 15.0 Å². The average molecular weight is 229 g/mol. The Balaban J connectivity index is 2.37. The molecule has 0 radical (unpaired) electrons. The third-order valence-electron chi connectivity index (χ3n) is 2.38. The van der Waals surface area contributed by atoms with Crippen LogP contribution in [0.25, 0.3) is 11.3 Å². The second kappa shape index (κ2) is 4.91. The summed E-state index contributed by atoms with van der Waals surface area (Å²) in [4.78, 5) is 12.7. The average Bonchev–Trinajstić information content (AvgIpc) is 2.32. The Morgan fingerprint density at radius 2 is 2.06 bits per heavy atom. The summed E-state index contributed by atoms with van der Waals surface area (Å²) < 4.78 is 5.41. The lowest BCUT2D eigenvalue weighted by Gasteiger charge is -2.07. The zero-order valence-electron chi connectivity index (χ0n) is 10.3. The van der Waals surface area contributed by atoms with Gasteiger partial charge in [-0.15, -0.1) is 0 Å². The molecule has 2 aromatic heterocycles. The summed E-state index contributed by atoms with van der Waals surface area (Å²) in [5, 5.41) is 0. The fraction of sp³-hybridized carbons (Fsp3) is 0.308. The molecule has 0 aliphatic carbocycles. The molecule has 2 aromatic rings. The second-order valence-corrected chi connectivity index (χ2v) is 3.77. The molecule has 0 spiro atoms. The standard InChI is InChI=1S/C13H15N3O/c1-4-17-13-9(2)7-11(8-15-13)12-5-6-14-10(3)16-12/h5-8H,4H2,1-3H3. The molecule has 0 saturated heterocycles. The van der Waals surface area contributed by atoms with Crippen LogP contribution in [0.4, 0.5) is 0 Å². The highest BCUT2D eigenvalue weighted by molar-refractivity contribution is 5.59. The highest BCUT2D eigenvalue weighted by atomic mass is 16.5. The van der Waals surface area contributed by atoms with Gasteiger partial charge in [0.05, 0.1) is 12.3 Å². The quantitative estimate of drug-likeness (QED) is 0.811. The van der Waals surface area contributed by atoms with Crippen LogP contribution in [-0.2, 0) is 0 Å². The molecular formula is C13H15N3O. The van der Waals surface area contributed by atoms with Gasteiger partial charge in [-0.05, 0) is 32.9 Å². The zero-order valence-corrected chi connectivity index (χ0v) is 10.3. The number of pyridine rings is 1. The normalized spacial score (nSPS) is 10.3. The maximum absolute atomic E-state index is 5.41. The van der Waals surface area contributed by atoms with Crippen molar-refractivity contribution in [3.8, 4) is 17.1 Å². The van der Waals surface area contributed by atoms with Crippen molar-refractivity contribution in [2.75, 3.05) is 6.61 Å². The van der Waals surface area contributed by atoms with Gasteiger partial charge in [0.1, 0.15) is 5.82 Å². The molecule has 0 fully saturated rings.